The number of amides is 2. The summed E-state index contributed by atoms with van der Waals surface area (Å²) >= 11 is 0. The van der Waals surface area contributed by atoms with E-state index >= 15 is 0 Å². The van der Waals surface area contributed by atoms with Crippen LogP contribution in [-0.2, 0) is 16.1 Å². The maximum Gasteiger partial charge on any atom is 0.224 e. The maximum atomic E-state index is 12.2. The van der Waals surface area contributed by atoms with E-state index < -0.39 is 0 Å². The van der Waals surface area contributed by atoms with Crippen LogP contribution in [0.5, 0.6) is 0 Å². The zero-order valence-corrected chi connectivity index (χ0v) is 15.0. The third kappa shape index (κ3) is 5.56. The molecule has 0 radical (unpaired) electrons. The first-order valence-corrected chi connectivity index (χ1v) is 9.60. The van der Waals surface area contributed by atoms with Crippen molar-refractivity contribution in [1.82, 2.24) is 9.80 Å². The van der Waals surface area contributed by atoms with Crippen LogP contribution in [0.4, 0.5) is 5.69 Å². The molecule has 2 heterocycles. The van der Waals surface area contributed by atoms with Crippen molar-refractivity contribution in [3.05, 3.63) is 29.8 Å². The highest BCUT2D eigenvalue weighted by molar-refractivity contribution is 5.90. The van der Waals surface area contributed by atoms with Crippen LogP contribution in [0, 0.1) is 0 Å². The molecule has 0 spiro atoms. The molecule has 1 aromatic carbocycles. The molecule has 5 heteroatoms. The summed E-state index contributed by atoms with van der Waals surface area (Å²) < 4.78 is 0. The lowest BCUT2D eigenvalue weighted by molar-refractivity contribution is -0.133. The van der Waals surface area contributed by atoms with Crippen molar-refractivity contribution in [2.24, 2.45) is 0 Å². The molecule has 0 unspecified atom stereocenters. The molecule has 0 atom stereocenters. The lowest BCUT2D eigenvalue weighted by Crippen LogP contribution is -2.36. The third-order valence-corrected chi connectivity index (χ3v) is 5.07. The third-order valence-electron chi connectivity index (χ3n) is 5.07. The van der Waals surface area contributed by atoms with Crippen LogP contribution in [0.25, 0.3) is 0 Å². The molecule has 2 fully saturated rings. The van der Waals surface area contributed by atoms with Crippen LogP contribution in [0.3, 0.4) is 0 Å². The van der Waals surface area contributed by atoms with E-state index in [-0.39, 0.29) is 11.8 Å². The summed E-state index contributed by atoms with van der Waals surface area (Å²) in [6.45, 7) is 4.85. The largest absolute Gasteiger partial charge is 0.343 e. The fourth-order valence-electron chi connectivity index (χ4n) is 3.70. The topological polar surface area (TPSA) is 52.7 Å². The highest BCUT2D eigenvalue weighted by Crippen LogP contribution is 2.17. The molecule has 1 aromatic rings. The first-order valence-electron chi connectivity index (χ1n) is 9.60. The summed E-state index contributed by atoms with van der Waals surface area (Å²) in [5.41, 5.74) is 2.12. The average molecular weight is 343 g/mol. The number of piperidine rings is 1. The number of nitrogens with zero attached hydrogens (tertiary/aromatic N) is 2. The van der Waals surface area contributed by atoms with E-state index in [0.29, 0.717) is 19.4 Å². The molecule has 25 heavy (non-hydrogen) atoms. The van der Waals surface area contributed by atoms with Gasteiger partial charge in [-0.3, -0.25) is 14.5 Å². The van der Waals surface area contributed by atoms with Crippen LogP contribution in [0.15, 0.2) is 24.3 Å². The summed E-state index contributed by atoms with van der Waals surface area (Å²) in [6, 6.07) is 8.15. The van der Waals surface area contributed by atoms with Crippen molar-refractivity contribution in [3.8, 4) is 0 Å². The lowest BCUT2D eigenvalue weighted by atomic mass is 10.1. The zero-order valence-electron chi connectivity index (χ0n) is 15.0. The van der Waals surface area contributed by atoms with Gasteiger partial charge in [-0.1, -0.05) is 12.1 Å². The van der Waals surface area contributed by atoms with Gasteiger partial charge in [-0.25, -0.2) is 0 Å². The highest BCUT2D eigenvalue weighted by Gasteiger charge is 2.17. The number of anilines is 1. The molecule has 2 aliphatic rings. The molecule has 0 bridgehead atoms. The Morgan fingerprint density at radius 1 is 1.08 bits per heavy atom. The monoisotopic (exact) mass is 343 g/mol. The summed E-state index contributed by atoms with van der Waals surface area (Å²) in [7, 11) is 0. The number of carbonyl (C=O) groups is 2. The van der Waals surface area contributed by atoms with Gasteiger partial charge in [0.1, 0.15) is 0 Å². The predicted molar refractivity (Wildman–Crippen MR) is 99.2 cm³/mol. The standard InChI is InChI=1S/C20H29N3O2/c24-19(9-6-14-23-13-2-1-10-20(23)25)21-18-8-5-7-17(15-18)16-22-11-3-4-12-22/h5,7-8,15H,1-4,6,9-14,16H2,(H,21,24). The number of hydrogen-bond acceptors (Lipinski definition) is 3. The fourth-order valence-corrected chi connectivity index (χ4v) is 3.70. The normalized spacial score (nSPS) is 18.6. The minimum absolute atomic E-state index is 0.0304. The van der Waals surface area contributed by atoms with E-state index in [1.54, 1.807) is 0 Å². The Balaban J connectivity index is 1.42. The van der Waals surface area contributed by atoms with Gasteiger partial charge in [-0.15, -0.1) is 0 Å². The van der Waals surface area contributed by atoms with Crippen molar-refractivity contribution in [2.75, 3.05) is 31.5 Å². The van der Waals surface area contributed by atoms with Gasteiger partial charge >= 0.3 is 0 Å². The van der Waals surface area contributed by atoms with Crippen LogP contribution >= 0.6 is 0 Å². The number of nitrogens with one attached hydrogen (secondary N) is 1. The molecule has 3 rings (SSSR count). The van der Waals surface area contributed by atoms with Crippen molar-refractivity contribution in [1.29, 1.82) is 0 Å². The molecule has 2 aliphatic heterocycles. The van der Waals surface area contributed by atoms with Gasteiger partial charge in [-0.2, -0.15) is 0 Å². The Morgan fingerprint density at radius 2 is 1.88 bits per heavy atom. The van der Waals surface area contributed by atoms with E-state index in [1.807, 2.05) is 17.0 Å². The smallest absolute Gasteiger partial charge is 0.224 e. The SMILES string of the molecule is O=C(CCCN1CCCCC1=O)Nc1cccc(CN2CCCC2)c1. The average Bonchev–Trinajstić information content (AvgIpc) is 3.10. The highest BCUT2D eigenvalue weighted by atomic mass is 16.2. The van der Waals surface area contributed by atoms with E-state index in [1.165, 1.54) is 31.5 Å². The minimum atomic E-state index is 0.0304. The summed E-state index contributed by atoms with van der Waals surface area (Å²) in [4.78, 5) is 28.3. The quantitative estimate of drug-likeness (QED) is 0.828. The molecule has 0 aliphatic carbocycles. The molecule has 136 valence electrons. The fraction of sp³-hybridized carbons (Fsp3) is 0.600. The summed E-state index contributed by atoms with van der Waals surface area (Å²) in [5, 5.41) is 3.00. The van der Waals surface area contributed by atoms with Gasteiger partial charge in [0.15, 0.2) is 0 Å². The lowest BCUT2D eigenvalue weighted by Gasteiger charge is -2.26. The second kappa shape index (κ2) is 8.99. The van der Waals surface area contributed by atoms with Gasteiger partial charge in [0.2, 0.25) is 11.8 Å². The van der Waals surface area contributed by atoms with Crippen molar-refractivity contribution < 1.29 is 9.59 Å². The molecule has 2 amide bonds. The maximum absolute atomic E-state index is 12.2. The Kier molecular flexibility index (Phi) is 6.45. The molecular formula is C20H29N3O2. The number of hydrogen-bond donors (Lipinski definition) is 1. The zero-order chi connectivity index (χ0) is 17.5. The first kappa shape index (κ1) is 17.9. The Morgan fingerprint density at radius 3 is 2.68 bits per heavy atom. The van der Waals surface area contributed by atoms with Crippen LogP contribution in [0.2, 0.25) is 0 Å². The Labute approximate surface area is 150 Å². The van der Waals surface area contributed by atoms with E-state index in [2.05, 4.69) is 22.3 Å². The van der Waals surface area contributed by atoms with Crippen LogP contribution in [0.1, 0.15) is 50.5 Å². The van der Waals surface area contributed by atoms with Crippen molar-refractivity contribution in [3.63, 3.8) is 0 Å². The second-order valence-corrected chi connectivity index (χ2v) is 7.17. The Bertz CT molecular complexity index is 596. The van der Waals surface area contributed by atoms with Gasteiger partial charge in [-0.05, 0) is 62.9 Å². The van der Waals surface area contributed by atoms with E-state index in [4.69, 9.17) is 0 Å². The summed E-state index contributed by atoms with van der Waals surface area (Å²) in [5.74, 6) is 0.268. The predicted octanol–water partition coefficient (Wildman–Crippen LogP) is 3.01. The number of carbonyl (C=O) groups excluding carboxylic acids is 2. The molecule has 1 N–H and O–H groups in total. The van der Waals surface area contributed by atoms with Gasteiger partial charge in [0.05, 0.1) is 0 Å². The molecule has 2 saturated heterocycles. The van der Waals surface area contributed by atoms with Crippen molar-refractivity contribution >= 4 is 17.5 Å². The minimum Gasteiger partial charge on any atom is -0.343 e. The van der Waals surface area contributed by atoms with E-state index in [9.17, 15) is 9.59 Å². The molecule has 0 aromatic heterocycles. The number of benzene rings is 1. The van der Waals surface area contributed by atoms with Gasteiger partial charge in [0, 0.05) is 38.2 Å². The second-order valence-electron chi connectivity index (χ2n) is 7.17. The molecule has 0 saturated carbocycles. The summed E-state index contributed by atoms with van der Waals surface area (Å²) in [6.07, 6.45) is 6.51. The van der Waals surface area contributed by atoms with Crippen molar-refractivity contribution in [2.45, 2.75) is 51.5 Å². The van der Waals surface area contributed by atoms with E-state index in [0.717, 1.165) is 38.0 Å². The van der Waals surface area contributed by atoms with Crippen LogP contribution < -0.4 is 5.32 Å². The van der Waals surface area contributed by atoms with Gasteiger partial charge in [0.25, 0.3) is 0 Å². The van der Waals surface area contributed by atoms with Gasteiger partial charge < -0.3 is 10.2 Å². The number of likely N-dealkylation sites (tertiary alicyclic amines) is 2. The van der Waals surface area contributed by atoms with Crippen LogP contribution in [-0.4, -0.2) is 47.8 Å². The Hall–Kier alpha value is -1.88. The molecular weight excluding hydrogens is 314 g/mol. The molecule has 5 nitrogen and oxygen atoms in total. The first-order chi connectivity index (χ1) is 12.2. The number of rotatable bonds is 7.